The first-order valence-electron chi connectivity index (χ1n) is 13.4. The van der Waals surface area contributed by atoms with Crippen LogP contribution in [-0.4, -0.2) is 42.5 Å². The molecule has 7 nitrogen and oxygen atoms in total. The molecule has 198 valence electrons. The second-order valence-electron chi connectivity index (χ2n) is 9.92. The second kappa shape index (κ2) is 11.3. The molecule has 1 fully saturated rings. The average Bonchev–Trinajstić information content (AvgIpc) is 3.14. The van der Waals surface area contributed by atoms with E-state index < -0.39 is 12.1 Å². The highest BCUT2D eigenvalue weighted by atomic mass is 16.5. The lowest BCUT2D eigenvalue weighted by Gasteiger charge is -2.38. The first-order chi connectivity index (χ1) is 19.2. The maximum Gasteiger partial charge on any atom is 0.256 e. The van der Waals surface area contributed by atoms with E-state index in [1.807, 2.05) is 54.6 Å². The number of carbonyl (C=O) groups excluding carboxylic acids is 2. The van der Waals surface area contributed by atoms with E-state index in [1.54, 1.807) is 11.1 Å². The van der Waals surface area contributed by atoms with Crippen molar-refractivity contribution in [2.24, 2.45) is 0 Å². The zero-order chi connectivity index (χ0) is 26.6. The van der Waals surface area contributed by atoms with Crippen LogP contribution in [0.3, 0.4) is 0 Å². The first-order valence-corrected chi connectivity index (χ1v) is 13.4. The molecule has 39 heavy (non-hydrogen) atoms. The summed E-state index contributed by atoms with van der Waals surface area (Å²) >= 11 is 0. The summed E-state index contributed by atoms with van der Waals surface area (Å²) in [6.45, 7) is 1.30. The minimum Gasteiger partial charge on any atom is -0.484 e. The molecule has 1 saturated heterocycles. The topological polar surface area (TPSA) is 79.9 Å². The number of morpholine rings is 1. The van der Waals surface area contributed by atoms with Crippen LogP contribution in [0, 0.1) is 0 Å². The number of amides is 1. The monoisotopic (exact) mass is 521 g/mol. The van der Waals surface area contributed by atoms with Gasteiger partial charge in [-0.05, 0) is 40.7 Å². The van der Waals surface area contributed by atoms with Gasteiger partial charge in [-0.2, -0.15) is 0 Å². The van der Waals surface area contributed by atoms with Crippen LogP contribution in [0.15, 0.2) is 102 Å². The lowest BCUT2D eigenvalue weighted by Crippen LogP contribution is -2.59. The fraction of sp³-hybridized carbons (Fsp3) is 0.250. The van der Waals surface area contributed by atoms with Gasteiger partial charge >= 0.3 is 0 Å². The number of carbonyl (C=O) groups is 2. The second-order valence-corrected chi connectivity index (χ2v) is 9.92. The van der Waals surface area contributed by atoms with Gasteiger partial charge in [0.1, 0.15) is 12.8 Å². The molecule has 1 atom stereocenters. The van der Waals surface area contributed by atoms with Crippen LogP contribution in [0.25, 0.3) is 0 Å². The van der Waals surface area contributed by atoms with Crippen molar-refractivity contribution in [2.75, 3.05) is 19.8 Å². The van der Waals surface area contributed by atoms with Gasteiger partial charge < -0.3 is 19.8 Å². The molecule has 1 unspecified atom stereocenters. The van der Waals surface area contributed by atoms with Gasteiger partial charge in [-0.3, -0.25) is 9.59 Å². The molecule has 0 saturated carbocycles. The molecule has 2 aliphatic heterocycles. The van der Waals surface area contributed by atoms with Crippen LogP contribution in [0.1, 0.15) is 33.7 Å². The van der Waals surface area contributed by atoms with Crippen molar-refractivity contribution in [3.8, 4) is 0 Å². The zero-order valence-electron chi connectivity index (χ0n) is 21.6. The highest BCUT2D eigenvalue weighted by Gasteiger charge is 2.39. The summed E-state index contributed by atoms with van der Waals surface area (Å²) in [7, 11) is 0. The fourth-order valence-electron chi connectivity index (χ4n) is 5.66. The molecule has 2 heterocycles. The van der Waals surface area contributed by atoms with Crippen molar-refractivity contribution in [3.05, 3.63) is 130 Å². The van der Waals surface area contributed by atoms with Crippen molar-refractivity contribution in [3.63, 3.8) is 0 Å². The lowest BCUT2D eigenvalue weighted by atomic mass is 9.80. The average molecular weight is 522 g/mol. The number of aryl methyl sites for hydroxylation is 2. The van der Waals surface area contributed by atoms with Gasteiger partial charge in [0.25, 0.3) is 5.91 Å². The minimum absolute atomic E-state index is 0.0746. The number of fused-ring (bicyclic) bond motifs is 3. The van der Waals surface area contributed by atoms with Gasteiger partial charge in [-0.1, -0.05) is 78.9 Å². The van der Waals surface area contributed by atoms with E-state index in [1.165, 1.54) is 17.2 Å². The molecular formula is C32H31N3O4. The molecule has 0 aromatic heterocycles. The molecule has 3 aliphatic rings. The van der Waals surface area contributed by atoms with E-state index in [0.717, 1.165) is 29.5 Å². The summed E-state index contributed by atoms with van der Waals surface area (Å²) in [4.78, 5) is 30.2. The molecule has 0 radical (unpaired) electrons. The van der Waals surface area contributed by atoms with Crippen molar-refractivity contribution >= 4 is 11.7 Å². The first kappa shape index (κ1) is 25.1. The maximum absolute atomic E-state index is 14.7. The van der Waals surface area contributed by atoms with Gasteiger partial charge in [0.05, 0.1) is 18.8 Å². The van der Waals surface area contributed by atoms with Gasteiger partial charge in [0.2, 0.25) is 5.78 Å². The summed E-state index contributed by atoms with van der Waals surface area (Å²) in [5.74, 6) is -0.993. The Morgan fingerprint density at radius 1 is 0.872 bits per heavy atom. The van der Waals surface area contributed by atoms with E-state index >= 15 is 0 Å². The smallest absolute Gasteiger partial charge is 0.256 e. The van der Waals surface area contributed by atoms with E-state index in [-0.39, 0.29) is 24.1 Å². The Balaban J connectivity index is 1.59. The number of nitrogens with one attached hydrogen (secondary N) is 2. The number of hydrazine groups is 1. The zero-order valence-corrected chi connectivity index (χ0v) is 21.6. The third kappa shape index (κ3) is 5.11. The van der Waals surface area contributed by atoms with Gasteiger partial charge in [-0.15, -0.1) is 0 Å². The third-order valence-corrected chi connectivity index (χ3v) is 7.57. The number of rotatable bonds is 4. The molecular weight excluding hydrogens is 490 g/mol. The Kier molecular flexibility index (Phi) is 7.25. The summed E-state index contributed by atoms with van der Waals surface area (Å²) in [5.41, 5.74) is 11.7. The standard InChI is InChI=1S/C32H31N3O4/c36-27-16-17-33-34-28-21-38-19-18-35(28)32(37)30(31(27)39-20-22-8-2-1-3-9-22)29-25-12-6-4-10-23(25)14-15-24-11-5-7-13-26(24)29/h1-13,16-17,28-29,33-34H,14-15,18-21H2/b17-16-,31-30?. The van der Waals surface area contributed by atoms with E-state index in [4.69, 9.17) is 9.47 Å². The molecule has 2 N–H and O–H groups in total. The third-order valence-electron chi connectivity index (χ3n) is 7.57. The van der Waals surface area contributed by atoms with Crippen LogP contribution < -0.4 is 10.9 Å². The molecule has 7 heteroatoms. The van der Waals surface area contributed by atoms with Crippen molar-refractivity contribution < 1.29 is 19.1 Å². The van der Waals surface area contributed by atoms with Crippen LogP contribution in [0.5, 0.6) is 0 Å². The molecule has 1 amide bonds. The molecule has 6 rings (SSSR count). The van der Waals surface area contributed by atoms with Crippen LogP contribution in [0.2, 0.25) is 0 Å². The Morgan fingerprint density at radius 2 is 1.54 bits per heavy atom. The predicted molar refractivity (Wildman–Crippen MR) is 147 cm³/mol. The highest BCUT2D eigenvalue weighted by molar-refractivity contribution is 6.10. The van der Waals surface area contributed by atoms with E-state index in [9.17, 15) is 9.59 Å². The fourth-order valence-corrected chi connectivity index (χ4v) is 5.66. The number of hydrogen-bond donors (Lipinski definition) is 2. The van der Waals surface area contributed by atoms with Gasteiger partial charge in [0.15, 0.2) is 5.76 Å². The van der Waals surface area contributed by atoms with Crippen molar-refractivity contribution in [2.45, 2.75) is 31.5 Å². The Hall–Kier alpha value is -4.20. The Bertz CT molecular complexity index is 1380. The summed E-state index contributed by atoms with van der Waals surface area (Å²) < 4.78 is 12.0. The quantitative estimate of drug-likeness (QED) is 0.544. The molecule has 1 aliphatic carbocycles. The molecule has 0 bridgehead atoms. The normalized spacial score (nSPS) is 20.7. The number of ether oxygens (including phenoxy) is 2. The van der Waals surface area contributed by atoms with E-state index in [2.05, 4.69) is 35.1 Å². The molecule has 3 aromatic rings. The van der Waals surface area contributed by atoms with Crippen LogP contribution >= 0.6 is 0 Å². The number of ketones is 1. The Labute approximate surface area is 228 Å². The van der Waals surface area contributed by atoms with E-state index in [0.29, 0.717) is 25.3 Å². The number of nitrogens with zero attached hydrogens (tertiary/aromatic N) is 1. The predicted octanol–water partition coefficient (Wildman–Crippen LogP) is 3.76. The van der Waals surface area contributed by atoms with Gasteiger partial charge in [0, 0.05) is 24.7 Å². The van der Waals surface area contributed by atoms with Gasteiger partial charge in [-0.25, -0.2) is 5.43 Å². The number of allylic oxidation sites excluding steroid dienone is 1. The summed E-state index contributed by atoms with van der Waals surface area (Å²) in [5, 5.41) is 0. The van der Waals surface area contributed by atoms with Crippen LogP contribution in [0.4, 0.5) is 0 Å². The highest BCUT2D eigenvalue weighted by Crippen LogP contribution is 2.42. The summed E-state index contributed by atoms with van der Waals surface area (Å²) in [6.07, 6.45) is 4.25. The molecule has 0 spiro atoms. The van der Waals surface area contributed by atoms with Crippen molar-refractivity contribution in [1.82, 2.24) is 15.8 Å². The number of benzene rings is 3. The SMILES string of the molecule is O=C1/C=C\NNC2COCCN2C(=O)C(C2c3ccccc3CCc3ccccc32)=C1OCc1ccccc1. The maximum atomic E-state index is 14.7. The molecule has 3 aromatic carbocycles. The number of hydrogen-bond acceptors (Lipinski definition) is 6. The van der Waals surface area contributed by atoms with Crippen molar-refractivity contribution in [1.29, 1.82) is 0 Å². The largest absolute Gasteiger partial charge is 0.484 e. The van der Waals surface area contributed by atoms with Crippen LogP contribution in [-0.2, 0) is 38.5 Å². The minimum atomic E-state index is -0.466. The lowest BCUT2D eigenvalue weighted by molar-refractivity contribution is -0.138. The summed E-state index contributed by atoms with van der Waals surface area (Å²) in [6, 6.07) is 26.1. The Morgan fingerprint density at radius 3 is 2.26 bits per heavy atom.